The van der Waals surface area contributed by atoms with E-state index in [1.54, 1.807) is 0 Å². The topological polar surface area (TPSA) is 15.3 Å². The summed E-state index contributed by atoms with van der Waals surface area (Å²) in [6, 6.07) is 9.03. The van der Waals surface area contributed by atoms with Crippen LogP contribution < -0.4 is 5.32 Å². The van der Waals surface area contributed by atoms with E-state index >= 15 is 0 Å². The molecule has 1 unspecified atom stereocenters. The molecule has 0 bridgehead atoms. The summed E-state index contributed by atoms with van der Waals surface area (Å²) in [5.41, 5.74) is 1.39. The minimum absolute atomic E-state index is 0. The summed E-state index contributed by atoms with van der Waals surface area (Å²) in [5.74, 6) is 0. The van der Waals surface area contributed by atoms with Gasteiger partial charge >= 0.3 is 0 Å². The Morgan fingerprint density at radius 2 is 2.00 bits per heavy atom. The summed E-state index contributed by atoms with van der Waals surface area (Å²) >= 11 is 3.64. The van der Waals surface area contributed by atoms with Gasteiger partial charge in [-0.05, 0) is 38.1 Å². The monoisotopic (exact) mass is 318 g/mol. The van der Waals surface area contributed by atoms with Gasteiger partial charge in [0.2, 0.25) is 0 Å². The number of rotatable bonds is 2. The lowest BCUT2D eigenvalue weighted by Crippen LogP contribution is -2.30. The van der Waals surface area contributed by atoms with Crippen LogP contribution in [0.4, 0.5) is 0 Å². The van der Waals surface area contributed by atoms with E-state index in [2.05, 4.69) is 57.3 Å². The van der Waals surface area contributed by atoms with E-state index in [0.29, 0.717) is 6.04 Å². The Morgan fingerprint density at radius 3 is 2.76 bits per heavy atom. The molecule has 2 rings (SSSR count). The molecule has 0 aromatic heterocycles. The molecule has 1 atom stereocenters. The SMILES string of the molecule is CC(c1ccccc1Br)N1CCCNCC1.Cl. The van der Waals surface area contributed by atoms with Crippen molar-refractivity contribution in [2.45, 2.75) is 19.4 Å². The molecule has 1 N–H and O–H groups in total. The quantitative estimate of drug-likeness (QED) is 0.900. The fraction of sp³-hybridized carbons (Fsp3) is 0.538. The summed E-state index contributed by atoms with van der Waals surface area (Å²) in [5, 5.41) is 3.44. The van der Waals surface area contributed by atoms with Crippen LogP contribution in [0.25, 0.3) is 0 Å². The Labute approximate surface area is 118 Å². The summed E-state index contributed by atoms with van der Waals surface area (Å²) in [6.07, 6.45) is 1.24. The lowest BCUT2D eigenvalue weighted by atomic mass is 10.1. The lowest BCUT2D eigenvalue weighted by Gasteiger charge is -2.28. The normalized spacial score (nSPS) is 19.2. The molecule has 1 aliphatic rings. The third-order valence-corrected chi connectivity index (χ3v) is 4.00. The highest BCUT2D eigenvalue weighted by Gasteiger charge is 2.18. The molecule has 2 nitrogen and oxygen atoms in total. The average molecular weight is 320 g/mol. The maximum absolute atomic E-state index is 3.64. The van der Waals surface area contributed by atoms with Crippen molar-refractivity contribution in [3.8, 4) is 0 Å². The smallest absolute Gasteiger partial charge is 0.0331 e. The molecule has 1 heterocycles. The van der Waals surface area contributed by atoms with Gasteiger partial charge in [0.25, 0.3) is 0 Å². The predicted molar refractivity (Wildman–Crippen MR) is 78.9 cm³/mol. The summed E-state index contributed by atoms with van der Waals surface area (Å²) in [7, 11) is 0. The minimum Gasteiger partial charge on any atom is -0.315 e. The summed E-state index contributed by atoms with van der Waals surface area (Å²) < 4.78 is 1.22. The Balaban J connectivity index is 0.00000144. The zero-order valence-electron chi connectivity index (χ0n) is 10.2. The molecule has 0 aliphatic carbocycles. The van der Waals surface area contributed by atoms with Crippen LogP contribution in [0.15, 0.2) is 28.7 Å². The van der Waals surface area contributed by atoms with Gasteiger partial charge in [-0.2, -0.15) is 0 Å². The highest BCUT2D eigenvalue weighted by Crippen LogP contribution is 2.27. The van der Waals surface area contributed by atoms with Gasteiger partial charge in [-0.1, -0.05) is 34.1 Å². The van der Waals surface area contributed by atoms with E-state index in [9.17, 15) is 0 Å². The largest absolute Gasteiger partial charge is 0.315 e. The van der Waals surface area contributed by atoms with Crippen molar-refractivity contribution in [2.24, 2.45) is 0 Å². The van der Waals surface area contributed by atoms with Crippen molar-refractivity contribution in [1.29, 1.82) is 0 Å². The molecule has 1 fully saturated rings. The van der Waals surface area contributed by atoms with Gasteiger partial charge in [-0.15, -0.1) is 12.4 Å². The van der Waals surface area contributed by atoms with E-state index in [1.165, 1.54) is 23.0 Å². The first-order chi connectivity index (χ1) is 7.79. The number of hydrogen-bond donors (Lipinski definition) is 1. The molecular formula is C13H20BrClN2. The Bertz CT molecular complexity index is 338. The maximum atomic E-state index is 3.64. The zero-order valence-corrected chi connectivity index (χ0v) is 12.6. The second-order valence-electron chi connectivity index (χ2n) is 4.34. The Hall–Kier alpha value is -0.0900. The molecule has 1 aliphatic heterocycles. The van der Waals surface area contributed by atoms with Crippen molar-refractivity contribution < 1.29 is 0 Å². The first kappa shape index (κ1) is 15.0. The third-order valence-electron chi connectivity index (χ3n) is 3.28. The van der Waals surface area contributed by atoms with Gasteiger partial charge in [-0.25, -0.2) is 0 Å². The van der Waals surface area contributed by atoms with Crippen LogP contribution in [0.5, 0.6) is 0 Å². The van der Waals surface area contributed by atoms with Crippen LogP contribution >= 0.6 is 28.3 Å². The van der Waals surface area contributed by atoms with Crippen molar-refractivity contribution >= 4 is 28.3 Å². The molecule has 17 heavy (non-hydrogen) atoms. The fourth-order valence-electron chi connectivity index (χ4n) is 2.26. The number of nitrogens with one attached hydrogen (secondary N) is 1. The van der Waals surface area contributed by atoms with E-state index in [1.807, 2.05) is 0 Å². The Kier molecular flexibility index (Phi) is 6.49. The lowest BCUT2D eigenvalue weighted by molar-refractivity contribution is 0.225. The van der Waals surface area contributed by atoms with Crippen LogP contribution in [0.1, 0.15) is 24.9 Å². The van der Waals surface area contributed by atoms with E-state index in [-0.39, 0.29) is 12.4 Å². The molecule has 0 saturated carbocycles. The Morgan fingerprint density at radius 1 is 1.24 bits per heavy atom. The maximum Gasteiger partial charge on any atom is 0.0331 e. The van der Waals surface area contributed by atoms with Gasteiger partial charge < -0.3 is 5.32 Å². The van der Waals surface area contributed by atoms with E-state index in [0.717, 1.165) is 19.6 Å². The highest BCUT2D eigenvalue weighted by atomic mass is 79.9. The second kappa shape index (κ2) is 7.37. The highest BCUT2D eigenvalue weighted by molar-refractivity contribution is 9.10. The van der Waals surface area contributed by atoms with Crippen LogP contribution in [0.3, 0.4) is 0 Å². The van der Waals surface area contributed by atoms with Crippen molar-refractivity contribution in [3.05, 3.63) is 34.3 Å². The molecule has 96 valence electrons. The van der Waals surface area contributed by atoms with Crippen LogP contribution in [-0.2, 0) is 0 Å². The fourth-order valence-corrected chi connectivity index (χ4v) is 2.88. The molecule has 0 amide bonds. The van der Waals surface area contributed by atoms with Crippen LogP contribution in [0, 0.1) is 0 Å². The van der Waals surface area contributed by atoms with Gasteiger partial charge in [0.05, 0.1) is 0 Å². The molecule has 0 spiro atoms. The molecule has 1 saturated heterocycles. The first-order valence-electron chi connectivity index (χ1n) is 5.98. The van der Waals surface area contributed by atoms with Gasteiger partial charge in [0.1, 0.15) is 0 Å². The van der Waals surface area contributed by atoms with Gasteiger partial charge in [-0.3, -0.25) is 4.90 Å². The summed E-state index contributed by atoms with van der Waals surface area (Å²) in [6.45, 7) is 6.89. The van der Waals surface area contributed by atoms with Crippen LogP contribution in [-0.4, -0.2) is 31.1 Å². The van der Waals surface area contributed by atoms with Crippen molar-refractivity contribution in [1.82, 2.24) is 10.2 Å². The minimum atomic E-state index is 0. The molecule has 4 heteroatoms. The first-order valence-corrected chi connectivity index (χ1v) is 6.77. The van der Waals surface area contributed by atoms with Crippen LogP contribution in [0.2, 0.25) is 0 Å². The number of nitrogens with zero attached hydrogens (tertiary/aromatic N) is 1. The zero-order chi connectivity index (χ0) is 11.4. The number of hydrogen-bond acceptors (Lipinski definition) is 2. The molecule has 1 aromatic carbocycles. The van der Waals surface area contributed by atoms with Crippen molar-refractivity contribution in [3.63, 3.8) is 0 Å². The van der Waals surface area contributed by atoms with Crippen molar-refractivity contribution in [2.75, 3.05) is 26.2 Å². The summed E-state index contributed by atoms with van der Waals surface area (Å²) in [4.78, 5) is 2.56. The molecule has 1 aromatic rings. The predicted octanol–water partition coefficient (Wildman–Crippen LogP) is 3.23. The standard InChI is InChI=1S/C13H19BrN2.ClH/c1-11(12-5-2-3-6-13(12)14)16-9-4-7-15-8-10-16;/h2-3,5-6,11,15H,4,7-10H2,1H3;1H. The second-order valence-corrected chi connectivity index (χ2v) is 5.19. The van der Waals surface area contributed by atoms with Gasteiger partial charge in [0, 0.05) is 23.6 Å². The number of benzene rings is 1. The average Bonchev–Trinajstić information content (AvgIpc) is 2.57. The van der Waals surface area contributed by atoms with E-state index < -0.39 is 0 Å². The molecular weight excluding hydrogens is 300 g/mol. The van der Waals surface area contributed by atoms with E-state index in [4.69, 9.17) is 0 Å². The molecule has 0 radical (unpaired) electrons. The number of halogens is 2. The third kappa shape index (κ3) is 3.95. The van der Waals surface area contributed by atoms with Gasteiger partial charge in [0.15, 0.2) is 0 Å².